The van der Waals surface area contributed by atoms with Crippen molar-refractivity contribution in [2.75, 3.05) is 7.11 Å². The number of carbonyl (C=O) groups excluding carboxylic acids is 2. The third-order valence-electron chi connectivity index (χ3n) is 3.76. The van der Waals surface area contributed by atoms with Crippen molar-refractivity contribution in [3.05, 3.63) is 69.2 Å². The average Bonchev–Trinajstić information content (AvgIpc) is 2.61. The highest BCUT2D eigenvalue weighted by atomic mass is 79.9. The lowest BCUT2D eigenvalue weighted by Gasteiger charge is -2.18. The van der Waals surface area contributed by atoms with Crippen molar-refractivity contribution >= 4 is 39.4 Å². The molecular formula is C19H19BrClNO3. The maximum Gasteiger partial charge on any atom is 0.307 e. The van der Waals surface area contributed by atoms with Crippen LogP contribution in [0.25, 0.3) is 0 Å². The van der Waals surface area contributed by atoms with Crippen molar-refractivity contribution < 1.29 is 14.3 Å². The molecule has 6 heteroatoms. The smallest absolute Gasteiger partial charge is 0.307 e. The van der Waals surface area contributed by atoms with Gasteiger partial charge >= 0.3 is 5.97 Å². The number of ether oxygens (including phenoxy) is 1. The van der Waals surface area contributed by atoms with Crippen LogP contribution in [-0.4, -0.2) is 19.0 Å². The fraction of sp³-hybridized carbons (Fsp3) is 0.263. The first-order valence-electron chi connectivity index (χ1n) is 7.84. The van der Waals surface area contributed by atoms with Crippen molar-refractivity contribution in [2.24, 2.45) is 0 Å². The van der Waals surface area contributed by atoms with E-state index in [2.05, 4.69) is 21.2 Å². The van der Waals surface area contributed by atoms with Crippen molar-refractivity contribution in [3.8, 4) is 0 Å². The van der Waals surface area contributed by atoms with E-state index in [1.165, 1.54) is 7.11 Å². The highest BCUT2D eigenvalue weighted by Gasteiger charge is 2.18. The van der Waals surface area contributed by atoms with Gasteiger partial charge in [-0.15, -0.1) is 0 Å². The van der Waals surface area contributed by atoms with Crippen LogP contribution in [-0.2, 0) is 20.7 Å². The summed E-state index contributed by atoms with van der Waals surface area (Å²) in [6.07, 6.45) is 1.02. The maximum absolute atomic E-state index is 12.3. The average molecular weight is 425 g/mol. The summed E-state index contributed by atoms with van der Waals surface area (Å²) in [5.74, 6) is -0.488. The second kappa shape index (κ2) is 9.59. The van der Waals surface area contributed by atoms with Gasteiger partial charge in [-0.3, -0.25) is 9.59 Å². The van der Waals surface area contributed by atoms with Crippen LogP contribution in [0.5, 0.6) is 0 Å². The summed E-state index contributed by atoms with van der Waals surface area (Å²) in [7, 11) is 1.34. The van der Waals surface area contributed by atoms with Gasteiger partial charge < -0.3 is 10.1 Å². The SMILES string of the molecule is COC(=O)CC(NC(=O)CCc1ccc(Cl)cc1)c1ccc(Br)cc1. The van der Waals surface area contributed by atoms with Crippen molar-refractivity contribution in [1.29, 1.82) is 0 Å². The topological polar surface area (TPSA) is 55.4 Å². The van der Waals surface area contributed by atoms with Crippen LogP contribution >= 0.6 is 27.5 Å². The molecule has 2 rings (SSSR count). The summed E-state index contributed by atoms with van der Waals surface area (Å²) in [6.45, 7) is 0. The molecule has 0 aromatic heterocycles. The molecule has 0 spiro atoms. The third-order valence-corrected chi connectivity index (χ3v) is 4.54. The normalized spacial score (nSPS) is 11.6. The molecule has 0 aliphatic carbocycles. The maximum atomic E-state index is 12.3. The van der Waals surface area contributed by atoms with E-state index in [0.29, 0.717) is 17.9 Å². The molecule has 0 saturated carbocycles. The predicted molar refractivity (Wildman–Crippen MR) is 101 cm³/mol. The quantitative estimate of drug-likeness (QED) is 0.668. The number of hydrogen-bond acceptors (Lipinski definition) is 3. The predicted octanol–water partition coefficient (Wildman–Crippen LogP) is 4.46. The van der Waals surface area contributed by atoms with Gasteiger partial charge in [0.25, 0.3) is 0 Å². The van der Waals surface area contributed by atoms with E-state index < -0.39 is 6.04 Å². The summed E-state index contributed by atoms with van der Waals surface area (Å²) in [6, 6.07) is 14.5. The minimum Gasteiger partial charge on any atom is -0.469 e. The number of amides is 1. The molecule has 1 atom stereocenters. The van der Waals surface area contributed by atoms with E-state index in [1.807, 2.05) is 36.4 Å². The fourth-order valence-corrected chi connectivity index (χ4v) is 2.76. The first-order valence-corrected chi connectivity index (χ1v) is 9.01. The Labute approximate surface area is 160 Å². The zero-order chi connectivity index (χ0) is 18.2. The first kappa shape index (κ1) is 19.5. The minimum atomic E-state index is -0.418. The van der Waals surface area contributed by atoms with Crippen LogP contribution in [0.2, 0.25) is 5.02 Å². The van der Waals surface area contributed by atoms with E-state index in [4.69, 9.17) is 16.3 Å². The highest BCUT2D eigenvalue weighted by molar-refractivity contribution is 9.10. The molecule has 25 heavy (non-hydrogen) atoms. The Bertz CT molecular complexity index is 716. The van der Waals surface area contributed by atoms with Gasteiger partial charge in [0.2, 0.25) is 5.91 Å². The van der Waals surface area contributed by atoms with E-state index in [9.17, 15) is 9.59 Å². The van der Waals surface area contributed by atoms with Crippen LogP contribution in [0, 0.1) is 0 Å². The van der Waals surface area contributed by atoms with E-state index >= 15 is 0 Å². The summed E-state index contributed by atoms with van der Waals surface area (Å²) >= 11 is 9.24. The van der Waals surface area contributed by atoms with E-state index in [1.54, 1.807) is 12.1 Å². The molecule has 0 fully saturated rings. The van der Waals surface area contributed by atoms with Gasteiger partial charge in [-0.2, -0.15) is 0 Å². The highest BCUT2D eigenvalue weighted by Crippen LogP contribution is 2.20. The van der Waals surface area contributed by atoms with Gasteiger partial charge in [0.15, 0.2) is 0 Å². The summed E-state index contributed by atoms with van der Waals surface area (Å²) < 4.78 is 5.67. The molecule has 2 aromatic carbocycles. The lowest BCUT2D eigenvalue weighted by atomic mass is 10.0. The number of esters is 1. The number of nitrogens with one attached hydrogen (secondary N) is 1. The number of carbonyl (C=O) groups is 2. The first-order chi connectivity index (χ1) is 12.0. The lowest BCUT2D eigenvalue weighted by Crippen LogP contribution is -2.30. The largest absolute Gasteiger partial charge is 0.469 e. The van der Waals surface area contributed by atoms with Crippen molar-refractivity contribution in [2.45, 2.75) is 25.3 Å². The summed E-state index contributed by atoms with van der Waals surface area (Å²) in [5, 5.41) is 3.59. The van der Waals surface area contributed by atoms with Crippen molar-refractivity contribution in [1.82, 2.24) is 5.32 Å². The lowest BCUT2D eigenvalue weighted by molar-refractivity contribution is -0.141. The zero-order valence-electron chi connectivity index (χ0n) is 13.8. The standard InChI is InChI=1S/C19H19BrClNO3/c1-25-19(24)12-17(14-5-7-15(20)8-6-14)22-18(23)11-4-13-2-9-16(21)10-3-13/h2-3,5-10,17H,4,11-12H2,1H3,(H,22,23). The second-order valence-corrected chi connectivity index (χ2v) is 6.93. The van der Waals surface area contributed by atoms with E-state index in [-0.39, 0.29) is 18.3 Å². The summed E-state index contributed by atoms with van der Waals surface area (Å²) in [5.41, 5.74) is 1.89. The Kier molecular flexibility index (Phi) is 7.47. The Morgan fingerprint density at radius 3 is 2.36 bits per heavy atom. The van der Waals surface area contributed by atoms with Crippen LogP contribution in [0.15, 0.2) is 53.0 Å². The molecule has 0 aliphatic heterocycles. The minimum absolute atomic E-state index is 0.0881. The van der Waals surface area contributed by atoms with Crippen LogP contribution in [0.3, 0.4) is 0 Å². The molecule has 4 nitrogen and oxygen atoms in total. The Balaban J connectivity index is 1.99. The monoisotopic (exact) mass is 423 g/mol. The molecule has 0 radical (unpaired) electrons. The van der Waals surface area contributed by atoms with Crippen LogP contribution < -0.4 is 5.32 Å². The number of methoxy groups -OCH3 is 1. The molecule has 1 amide bonds. The van der Waals surface area contributed by atoms with Gasteiger partial charge in [-0.05, 0) is 41.8 Å². The molecular weight excluding hydrogens is 406 g/mol. The number of aryl methyl sites for hydroxylation is 1. The number of benzene rings is 2. The molecule has 2 aromatic rings. The molecule has 0 aliphatic rings. The van der Waals surface area contributed by atoms with Gasteiger partial charge in [0.1, 0.15) is 0 Å². The van der Waals surface area contributed by atoms with Crippen LogP contribution in [0.4, 0.5) is 0 Å². The number of rotatable bonds is 7. The number of hydrogen-bond donors (Lipinski definition) is 1. The van der Waals surface area contributed by atoms with Crippen LogP contribution in [0.1, 0.15) is 30.0 Å². The summed E-state index contributed by atoms with van der Waals surface area (Å²) in [4.78, 5) is 24.0. The third kappa shape index (κ3) is 6.52. The molecule has 1 N–H and O–H groups in total. The second-order valence-electron chi connectivity index (χ2n) is 5.58. The Morgan fingerprint density at radius 2 is 1.76 bits per heavy atom. The van der Waals surface area contributed by atoms with E-state index in [0.717, 1.165) is 15.6 Å². The molecule has 0 saturated heterocycles. The molecule has 0 bridgehead atoms. The van der Waals surface area contributed by atoms with Gasteiger partial charge in [-0.1, -0.05) is 51.8 Å². The molecule has 1 unspecified atom stereocenters. The number of halogens is 2. The van der Waals surface area contributed by atoms with Gasteiger partial charge in [-0.25, -0.2) is 0 Å². The zero-order valence-corrected chi connectivity index (χ0v) is 16.1. The van der Waals surface area contributed by atoms with Gasteiger partial charge in [0, 0.05) is 15.9 Å². The Hall–Kier alpha value is -1.85. The van der Waals surface area contributed by atoms with Gasteiger partial charge in [0.05, 0.1) is 19.6 Å². The molecule has 0 heterocycles. The molecule has 132 valence electrons. The van der Waals surface area contributed by atoms with Crippen molar-refractivity contribution in [3.63, 3.8) is 0 Å². The Morgan fingerprint density at radius 1 is 1.12 bits per heavy atom. The fourth-order valence-electron chi connectivity index (χ4n) is 2.37.